The number of ether oxygens (including phenoxy) is 1. The Morgan fingerprint density at radius 3 is 2.78 bits per heavy atom. The van der Waals surface area contributed by atoms with Crippen molar-refractivity contribution in [2.75, 3.05) is 31.6 Å². The molecule has 0 bridgehead atoms. The van der Waals surface area contributed by atoms with Crippen molar-refractivity contribution in [3.05, 3.63) is 65.7 Å². The van der Waals surface area contributed by atoms with Crippen molar-refractivity contribution in [2.24, 2.45) is 0 Å². The fourth-order valence-corrected chi connectivity index (χ4v) is 3.25. The number of benzene rings is 2. The molecule has 1 atom stereocenters. The fourth-order valence-electron chi connectivity index (χ4n) is 3.25. The molecule has 2 N–H and O–H groups in total. The van der Waals surface area contributed by atoms with Gasteiger partial charge in [0.1, 0.15) is 0 Å². The zero-order valence-corrected chi connectivity index (χ0v) is 16.2. The van der Waals surface area contributed by atoms with Crippen LogP contribution in [0.4, 0.5) is 10.5 Å². The lowest BCUT2D eigenvalue weighted by molar-refractivity contribution is -0.0285. The van der Waals surface area contributed by atoms with Gasteiger partial charge in [-0.1, -0.05) is 56.3 Å². The summed E-state index contributed by atoms with van der Waals surface area (Å²) in [4.78, 5) is 14.6. The number of amides is 2. The zero-order valence-electron chi connectivity index (χ0n) is 16.2. The van der Waals surface area contributed by atoms with Gasteiger partial charge >= 0.3 is 6.03 Å². The molecule has 0 saturated carbocycles. The summed E-state index contributed by atoms with van der Waals surface area (Å²) in [6, 6.07) is 18.2. The Hall–Kier alpha value is -2.37. The number of hydrogen-bond donors (Lipinski definition) is 2. The van der Waals surface area contributed by atoms with Gasteiger partial charge in [0.05, 0.1) is 12.7 Å². The highest BCUT2D eigenvalue weighted by molar-refractivity contribution is 5.89. The Morgan fingerprint density at radius 1 is 1.19 bits per heavy atom. The summed E-state index contributed by atoms with van der Waals surface area (Å²) < 4.78 is 5.81. The van der Waals surface area contributed by atoms with Crippen molar-refractivity contribution in [1.82, 2.24) is 10.2 Å². The maximum Gasteiger partial charge on any atom is 0.319 e. The minimum atomic E-state index is -0.195. The summed E-state index contributed by atoms with van der Waals surface area (Å²) in [5.74, 6) is 0.432. The Bertz CT molecular complexity index is 733. The van der Waals surface area contributed by atoms with E-state index >= 15 is 0 Å². The fraction of sp³-hybridized carbons (Fsp3) is 0.409. The first kappa shape index (κ1) is 19.4. The van der Waals surface area contributed by atoms with Crippen molar-refractivity contribution >= 4 is 11.7 Å². The van der Waals surface area contributed by atoms with Gasteiger partial charge in [-0.05, 0) is 29.2 Å². The van der Waals surface area contributed by atoms with Crippen molar-refractivity contribution in [3.8, 4) is 0 Å². The highest BCUT2D eigenvalue weighted by atomic mass is 16.5. The van der Waals surface area contributed by atoms with Gasteiger partial charge in [0, 0.05) is 31.9 Å². The molecule has 1 aliphatic rings. The van der Waals surface area contributed by atoms with Crippen LogP contribution in [0.3, 0.4) is 0 Å². The van der Waals surface area contributed by atoms with Crippen molar-refractivity contribution in [1.29, 1.82) is 0 Å². The number of morpholine rings is 1. The second-order valence-electron chi connectivity index (χ2n) is 7.33. The first-order valence-electron chi connectivity index (χ1n) is 9.63. The van der Waals surface area contributed by atoms with E-state index in [2.05, 4.69) is 59.7 Å². The van der Waals surface area contributed by atoms with E-state index in [-0.39, 0.29) is 12.1 Å². The predicted octanol–water partition coefficient (Wildman–Crippen LogP) is 3.83. The molecular formula is C22H29N3O2. The summed E-state index contributed by atoms with van der Waals surface area (Å²) in [6.07, 6.45) is 0.00945. The molecular weight excluding hydrogens is 338 g/mol. The Morgan fingerprint density at radius 2 is 2.00 bits per heavy atom. The highest BCUT2D eigenvalue weighted by Gasteiger charge is 2.21. The summed E-state index contributed by atoms with van der Waals surface area (Å²) >= 11 is 0. The smallest absolute Gasteiger partial charge is 0.319 e. The average Bonchev–Trinajstić information content (AvgIpc) is 2.68. The van der Waals surface area contributed by atoms with Gasteiger partial charge < -0.3 is 15.4 Å². The van der Waals surface area contributed by atoms with Crippen molar-refractivity contribution < 1.29 is 9.53 Å². The van der Waals surface area contributed by atoms with Crippen LogP contribution in [0.5, 0.6) is 0 Å². The summed E-state index contributed by atoms with van der Waals surface area (Å²) in [7, 11) is 0. The predicted molar refractivity (Wildman–Crippen MR) is 109 cm³/mol. The summed E-state index contributed by atoms with van der Waals surface area (Å²) in [6.45, 7) is 8.12. The monoisotopic (exact) mass is 367 g/mol. The van der Waals surface area contributed by atoms with E-state index in [9.17, 15) is 4.79 Å². The van der Waals surface area contributed by atoms with Gasteiger partial charge in [-0.3, -0.25) is 4.90 Å². The Kier molecular flexibility index (Phi) is 6.85. The molecule has 0 aliphatic carbocycles. The number of nitrogens with one attached hydrogen (secondary N) is 2. The van der Waals surface area contributed by atoms with E-state index in [0.717, 1.165) is 25.3 Å². The molecule has 1 heterocycles. The quantitative estimate of drug-likeness (QED) is 0.816. The normalized spacial score (nSPS) is 17.7. The maximum atomic E-state index is 12.2. The molecule has 2 amide bonds. The van der Waals surface area contributed by atoms with E-state index in [1.54, 1.807) is 0 Å². The summed E-state index contributed by atoms with van der Waals surface area (Å²) in [5, 5.41) is 5.84. The molecule has 2 aromatic rings. The molecule has 0 radical (unpaired) electrons. The van der Waals surface area contributed by atoms with Crippen LogP contribution in [0.15, 0.2) is 54.6 Å². The average molecular weight is 367 g/mol. The van der Waals surface area contributed by atoms with Gasteiger partial charge in [-0.25, -0.2) is 4.79 Å². The zero-order chi connectivity index (χ0) is 19.1. The van der Waals surface area contributed by atoms with Crippen LogP contribution in [0.2, 0.25) is 0 Å². The Balaban J connectivity index is 1.45. The Labute approximate surface area is 161 Å². The lowest BCUT2D eigenvalue weighted by atomic mass is 10.0. The van der Waals surface area contributed by atoms with Crippen LogP contribution in [0, 0.1) is 0 Å². The van der Waals surface area contributed by atoms with Crippen LogP contribution in [-0.4, -0.2) is 43.3 Å². The number of urea groups is 1. The third-order valence-corrected chi connectivity index (χ3v) is 4.77. The van der Waals surface area contributed by atoms with Gasteiger partial charge in [0.25, 0.3) is 0 Å². The number of carbonyl (C=O) groups excluding carboxylic acids is 1. The van der Waals surface area contributed by atoms with E-state index in [1.807, 2.05) is 24.3 Å². The number of anilines is 1. The number of carbonyl (C=O) groups is 1. The molecule has 3 rings (SSSR count). The molecule has 1 aliphatic heterocycles. The van der Waals surface area contributed by atoms with E-state index < -0.39 is 0 Å². The van der Waals surface area contributed by atoms with Crippen LogP contribution >= 0.6 is 0 Å². The van der Waals surface area contributed by atoms with Crippen LogP contribution in [-0.2, 0) is 11.3 Å². The summed E-state index contributed by atoms with van der Waals surface area (Å²) in [5.41, 5.74) is 3.32. The first-order chi connectivity index (χ1) is 13.1. The van der Waals surface area contributed by atoms with Gasteiger partial charge in [0.2, 0.25) is 0 Å². The van der Waals surface area contributed by atoms with Gasteiger partial charge in [-0.15, -0.1) is 0 Å². The molecule has 1 fully saturated rings. The number of rotatable bonds is 6. The SMILES string of the molecule is CC(C)c1cccc(NC(=O)NCC2CN(Cc3ccccc3)CCO2)c1. The topological polar surface area (TPSA) is 53.6 Å². The molecule has 27 heavy (non-hydrogen) atoms. The minimum absolute atomic E-state index is 0.00945. The molecule has 0 aromatic heterocycles. The number of nitrogens with zero attached hydrogens (tertiary/aromatic N) is 1. The molecule has 144 valence electrons. The lowest BCUT2D eigenvalue weighted by Gasteiger charge is -2.33. The van der Waals surface area contributed by atoms with E-state index in [1.165, 1.54) is 11.1 Å². The largest absolute Gasteiger partial charge is 0.374 e. The second kappa shape index (κ2) is 9.53. The molecule has 5 nitrogen and oxygen atoms in total. The van der Waals surface area contributed by atoms with E-state index in [0.29, 0.717) is 19.1 Å². The third-order valence-electron chi connectivity index (χ3n) is 4.77. The minimum Gasteiger partial charge on any atom is -0.374 e. The van der Waals surface area contributed by atoms with Gasteiger partial charge in [0.15, 0.2) is 0 Å². The van der Waals surface area contributed by atoms with Crippen LogP contribution in [0.25, 0.3) is 0 Å². The van der Waals surface area contributed by atoms with Crippen LogP contribution in [0.1, 0.15) is 30.9 Å². The lowest BCUT2D eigenvalue weighted by Crippen LogP contribution is -2.47. The number of hydrogen-bond acceptors (Lipinski definition) is 3. The van der Waals surface area contributed by atoms with Crippen molar-refractivity contribution in [3.63, 3.8) is 0 Å². The third kappa shape index (κ3) is 6.08. The van der Waals surface area contributed by atoms with E-state index in [4.69, 9.17) is 4.74 Å². The molecule has 1 unspecified atom stereocenters. The first-order valence-corrected chi connectivity index (χ1v) is 9.63. The molecule has 5 heteroatoms. The second-order valence-corrected chi connectivity index (χ2v) is 7.33. The molecule has 1 saturated heterocycles. The van der Waals surface area contributed by atoms with Crippen molar-refractivity contribution in [2.45, 2.75) is 32.4 Å². The maximum absolute atomic E-state index is 12.2. The standard InChI is InChI=1S/C22H29N3O2/c1-17(2)19-9-6-10-20(13-19)24-22(26)23-14-21-16-25(11-12-27-21)15-18-7-4-3-5-8-18/h3-10,13,17,21H,11-12,14-16H2,1-2H3,(H2,23,24,26). The molecule has 2 aromatic carbocycles. The van der Waals surface area contributed by atoms with Crippen LogP contribution < -0.4 is 10.6 Å². The van der Waals surface area contributed by atoms with Gasteiger partial charge in [-0.2, -0.15) is 0 Å². The highest BCUT2D eigenvalue weighted by Crippen LogP contribution is 2.18. The molecule has 0 spiro atoms.